The van der Waals surface area contributed by atoms with Crippen LogP contribution >= 0.6 is 0 Å². The van der Waals surface area contributed by atoms with Crippen molar-refractivity contribution < 1.29 is 13.2 Å². The van der Waals surface area contributed by atoms with Crippen LogP contribution in [0.4, 0.5) is 5.69 Å². The van der Waals surface area contributed by atoms with Crippen molar-refractivity contribution in [2.24, 2.45) is 5.92 Å². The van der Waals surface area contributed by atoms with Gasteiger partial charge in [-0.05, 0) is 74.9 Å². The molecule has 1 heterocycles. The maximum Gasteiger partial charge on any atom is 0.251 e. The van der Waals surface area contributed by atoms with Gasteiger partial charge in [-0.1, -0.05) is 25.1 Å². The molecule has 6 nitrogen and oxygen atoms in total. The van der Waals surface area contributed by atoms with Gasteiger partial charge in [0, 0.05) is 44.0 Å². The van der Waals surface area contributed by atoms with Gasteiger partial charge in [-0.2, -0.15) is 4.31 Å². The summed E-state index contributed by atoms with van der Waals surface area (Å²) in [6.07, 6.45) is 1.73. The molecule has 0 aromatic heterocycles. The fraction of sp³-hybridized carbons (Fsp3) is 0.480. The average molecular weight is 458 g/mol. The summed E-state index contributed by atoms with van der Waals surface area (Å²) in [5.74, 6) is 0.279. The Kier molecular flexibility index (Phi) is 7.96. The van der Waals surface area contributed by atoms with Gasteiger partial charge in [0.1, 0.15) is 0 Å². The fourth-order valence-electron chi connectivity index (χ4n) is 4.07. The van der Waals surface area contributed by atoms with Gasteiger partial charge in [0.15, 0.2) is 0 Å². The Morgan fingerprint density at radius 1 is 1.06 bits per heavy atom. The Labute approximate surface area is 192 Å². The third-order valence-corrected chi connectivity index (χ3v) is 8.25. The van der Waals surface area contributed by atoms with Crippen molar-refractivity contribution in [2.75, 3.05) is 31.1 Å². The maximum atomic E-state index is 13.1. The van der Waals surface area contributed by atoms with Crippen LogP contribution in [0, 0.1) is 12.8 Å². The summed E-state index contributed by atoms with van der Waals surface area (Å²) in [5.41, 5.74) is 3.31. The molecule has 174 valence electrons. The van der Waals surface area contributed by atoms with Gasteiger partial charge < -0.3 is 10.2 Å². The number of hydrogen-bond donors (Lipinski definition) is 1. The lowest BCUT2D eigenvalue weighted by Gasteiger charge is -2.29. The van der Waals surface area contributed by atoms with Crippen LogP contribution in [-0.4, -0.2) is 44.8 Å². The summed E-state index contributed by atoms with van der Waals surface area (Å²) in [4.78, 5) is 15.3. The van der Waals surface area contributed by atoms with Crippen molar-refractivity contribution in [1.82, 2.24) is 9.62 Å². The molecule has 3 rings (SSSR count). The molecule has 0 bridgehead atoms. The standard InChI is InChI=1S/C25H35N3O3S/c1-5-27(6-2)22-10-8-21(9-11-22)18-26-25(29)24-17-23(12-7-20(24)4)32(30,31)28-15-13-19(3)14-16-28/h7-12,17,19H,5-6,13-16,18H2,1-4H3,(H,26,29). The van der Waals surface area contributed by atoms with E-state index in [4.69, 9.17) is 0 Å². The molecule has 0 radical (unpaired) electrons. The number of benzene rings is 2. The Hall–Kier alpha value is -2.38. The zero-order chi connectivity index (χ0) is 23.3. The van der Waals surface area contributed by atoms with Crippen molar-refractivity contribution in [3.63, 3.8) is 0 Å². The van der Waals surface area contributed by atoms with E-state index >= 15 is 0 Å². The third kappa shape index (κ3) is 5.51. The number of carbonyl (C=O) groups excluding carboxylic acids is 1. The Bertz CT molecular complexity index is 1020. The zero-order valence-electron chi connectivity index (χ0n) is 19.6. The predicted octanol–water partition coefficient (Wildman–Crippen LogP) is 4.19. The van der Waals surface area contributed by atoms with Crippen LogP contribution in [0.15, 0.2) is 47.4 Å². The molecule has 2 aromatic carbocycles. The lowest BCUT2D eigenvalue weighted by atomic mass is 10.0. The molecule has 0 aliphatic carbocycles. The van der Waals surface area contributed by atoms with Crippen LogP contribution < -0.4 is 10.2 Å². The highest BCUT2D eigenvalue weighted by Crippen LogP contribution is 2.25. The summed E-state index contributed by atoms with van der Waals surface area (Å²) >= 11 is 0. The van der Waals surface area contributed by atoms with E-state index in [1.54, 1.807) is 12.1 Å². The summed E-state index contributed by atoms with van der Waals surface area (Å²) < 4.78 is 27.7. The highest BCUT2D eigenvalue weighted by molar-refractivity contribution is 7.89. The Morgan fingerprint density at radius 3 is 2.28 bits per heavy atom. The van der Waals surface area contributed by atoms with Crippen LogP contribution in [0.2, 0.25) is 0 Å². The molecule has 2 aromatic rings. The van der Waals surface area contributed by atoms with E-state index in [0.717, 1.165) is 42.7 Å². The molecular weight excluding hydrogens is 422 g/mol. The lowest BCUT2D eigenvalue weighted by Crippen LogP contribution is -2.38. The minimum Gasteiger partial charge on any atom is -0.372 e. The van der Waals surface area contributed by atoms with Crippen LogP contribution in [0.3, 0.4) is 0 Å². The number of aryl methyl sites for hydroxylation is 1. The highest BCUT2D eigenvalue weighted by atomic mass is 32.2. The van der Waals surface area contributed by atoms with E-state index in [1.165, 1.54) is 10.4 Å². The van der Waals surface area contributed by atoms with Crippen molar-refractivity contribution in [3.8, 4) is 0 Å². The molecule has 1 saturated heterocycles. The molecule has 0 unspecified atom stereocenters. The maximum absolute atomic E-state index is 13.1. The lowest BCUT2D eigenvalue weighted by molar-refractivity contribution is 0.0950. The number of amides is 1. The number of nitrogens with zero attached hydrogens (tertiary/aromatic N) is 2. The first-order chi connectivity index (χ1) is 15.3. The average Bonchev–Trinajstić information content (AvgIpc) is 2.79. The number of anilines is 1. The summed E-state index contributed by atoms with van der Waals surface area (Å²) in [6.45, 7) is 11.6. The Morgan fingerprint density at radius 2 is 1.69 bits per heavy atom. The number of rotatable bonds is 8. The van der Waals surface area contributed by atoms with Gasteiger partial charge in [0.25, 0.3) is 5.91 Å². The summed E-state index contributed by atoms with van der Waals surface area (Å²) in [6, 6.07) is 13.0. The smallest absolute Gasteiger partial charge is 0.251 e. The van der Waals surface area contributed by atoms with E-state index < -0.39 is 10.0 Å². The van der Waals surface area contributed by atoms with E-state index in [9.17, 15) is 13.2 Å². The second kappa shape index (κ2) is 10.5. The molecule has 1 aliphatic heterocycles. The summed E-state index contributed by atoms with van der Waals surface area (Å²) in [5, 5.41) is 2.94. The minimum absolute atomic E-state index is 0.186. The number of hydrogen-bond acceptors (Lipinski definition) is 4. The molecule has 32 heavy (non-hydrogen) atoms. The van der Waals surface area contributed by atoms with Crippen LogP contribution in [-0.2, 0) is 16.6 Å². The van der Waals surface area contributed by atoms with Gasteiger partial charge in [0.05, 0.1) is 4.90 Å². The minimum atomic E-state index is -3.59. The fourth-order valence-corrected chi connectivity index (χ4v) is 5.57. The molecule has 1 N–H and O–H groups in total. The van der Waals surface area contributed by atoms with Crippen molar-refractivity contribution in [2.45, 2.75) is 52.0 Å². The van der Waals surface area contributed by atoms with E-state index in [-0.39, 0.29) is 10.8 Å². The quantitative estimate of drug-likeness (QED) is 0.645. The van der Waals surface area contributed by atoms with Gasteiger partial charge in [-0.25, -0.2) is 8.42 Å². The second-order valence-corrected chi connectivity index (χ2v) is 10.5. The topological polar surface area (TPSA) is 69.7 Å². The SMILES string of the molecule is CCN(CC)c1ccc(CNC(=O)c2cc(S(=O)(=O)N3CCC(C)CC3)ccc2C)cc1. The third-order valence-electron chi connectivity index (χ3n) is 6.35. The largest absolute Gasteiger partial charge is 0.372 e. The first-order valence-corrected chi connectivity index (χ1v) is 12.9. The molecular formula is C25H35N3O3S. The molecule has 0 atom stereocenters. The van der Waals surface area contributed by atoms with Gasteiger partial charge in [-0.15, -0.1) is 0 Å². The number of nitrogens with one attached hydrogen (secondary N) is 1. The molecule has 0 spiro atoms. The normalized spacial score (nSPS) is 15.5. The van der Waals surface area contributed by atoms with E-state index in [1.807, 2.05) is 19.1 Å². The monoisotopic (exact) mass is 457 g/mol. The number of piperidine rings is 1. The zero-order valence-corrected chi connectivity index (χ0v) is 20.4. The first kappa shape index (κ1) is 24.3. The molecule has 0 saturated carbocycles. The van der Waals surface area contributed by atoms with E-state index in [0.29, 0.717) is 31.1 Å². The predicted molar refractivity (Wildman–Crippen MR) is 130 cm³/mol. The Balaban J connectivity index is 1.70. The molecule has 1 amide bonds. The van der Waals surface area contributed by atoms with Gasteiger partial charge in [0.2, 0.25) is 10.0 Å². The first-order valence-electron chi connectivity index (χ1n) is 11.5. The molecule has 1 aliphatic rings. The van der Waals surface area contributed by atoms with Crippen LogP contribution in [0.1, 0.15) is 55.1 Å². The summed E-state index contributed by atoms with van der Waals surface area (Å²) in [7, 11) is -3.59. The number of carbonyl (C=O) groups is 1. The van der Waals surface area contributed by atoms with E-state index in [2.05, 4.69) is 43.1 Å². The van der Waals surface area contributed by atoms with Crippen LogP contribution in [0.25, 0.3) is 0 Å². The van der Waals surface area contributed by atoms with Crippen molar-refractivity contribution >= 4 is 21.6 Å². The highest BCUT2D eigenvalue weighted by Gasteiger charge is 2.28. The molecule has 7 heteroatoms. The van der Waals surface area contributed by atoms with Gasteiger partial charge in [-0.3, -0.25) is 4.79 Å². The number of sulfonamides is 1. The van der Waals surface area contributed by atoms with Crippen LogP contribution in [0.5, 0.6) is 0 Å². The van der Waals surface area contributed by atoms with Crippen molar-refractivity contribution in [1.29, 1.82) is 0 Å². The van der Waals surface area contributed by atoms with Gasteiger partial charge >= 0.3 is 0 Å². The second-order valence-electron chi connectivity index (χ2n) is 8.58. The van der Waals surface area contributed by atoms with Crippen molar-refractivity contribution in [3.05, 3.63) is 59.2 Å². The molecule has 1 fully saturated rings.